The van der Waals surface area contributed by atoms with E-state index in [-0.39, 0.29) is 0 Å². The molecule has 2 N–H and O–H groups in total. The molecule has 1 aromatic heterocycles. The predicted molar refractivity (Wildman–Crippen MR) is 62.1 cm³/mol. The summed E-state index contributed by atoms with van der Waals surface area (Å²) in [4.78, 5) is 0. The molecule has 1 fully saturated rings. The van der Waals surface area contributed by atoms with E-state index in [0.717, 1.165) is 25.0 Å². The maximum atomic E-state index is 5.96. The van der Waals surface area contributed by atoms with Crippen molar-refractivity contribution in [2.45, 2.75) is 63.5 Å². The van der Waals surface area contributed by atoms with Gasteiger partial charge in [0.1, 0.15) is 0 Å². The van der Waals surface area contributed by atoms with Crippen LogP contribution in [0.5, 0.6) is 0 Å². The van der Waals surface area contributed by atoms with Crippen LogP contribution in [0, 0.1) is 0 Å². The summed E-state index contributed by atoms with van der Waals surface area (Å²) in [7, 11) is 0. The summed E-state index contributed by atoms with van der Waals surface area (Å²) in [6.45, 7) is 0. The zero-order valence-corrected chi connectivity index (χ0v) is 9.73. The van der Waals surface area contributed by atoms with Gasteiger partial charge in [-0.1, -0.05) is 24.5 Å². The molecule has 16 heavy (non-hydrogen) atoms. The lowest BCUT2D eigenvalue weighted by Gasteiger charge is -2.25. The second-order valence-electron chi connectivity index (χ2n) is 5.22. The van der Waals surface area contributed by atoms with Crippen LogP contribution in [-0.2, 0) is 12.8 Å². The Morgan fingerprint density at radius 2 is 1.94 bits per heavy atom. The summed E-state index contributed by atoms with van der Waals surface area (Å²) in [6, 6.07) is 0.906. The molecule has 4 heteroatoms. The minimum absolute atomic E-state index is 0.295. The quantitative estimate of drug-likeness (QED) is 0.782. The van der Waals surface area contributed by atoms with Gasteiger partial charge in [0.15, 0.2) is 0 Å². The van der Waals surface area contributed by atoms with Gasteiger partial charge in [-0.05, 0) is 25.7 Å². The molecule has 1 saturated carbocycles. The SMILES string of the molecule is NC1CCc2c(nnn2C2CCCCC2)C1. The van der Waals surface area contributed by atoms with Gasteiger partial charge in [-0.3, -0.25) is 0 Å². The van der Waals surface area contributed by atoms with Crippen molar-refractivity contribution in [3.63, 3.8) is 0 Å². The van der Waals surface area contributed by atoms with Crippen LogP contribution in [0.2, 0.25) is 0 Å². The zero-order chi connectivity index (χ0) is 11.0. The van der Waals surface area contributed by atoms with E-state index in [0.29, 0.717) is 12.1 Å². The predicted octanol–water partition coefficient (Wildman–Crippen LogP) is 1.60. The van der Waals surface area contributed by atoms with Crippen LogP contribution in [0.25, 0.3) is 0 Å². The van der Waals surface area contributed by atoms with Gasteiger partial charge < -0.3 is 5.73 Å². The van der Waals surface area contributed by atoms with Crippen molar-refractivity contribution in [1.29, 1.82) is 0 Å². The Bertz CT molecular complexity index is 365. The molecule has 4 nitrogen and oxygen atoms in total. The van der Waals surface area contributed by atoms with Crippen molar-refractivity contribution in [1.82, 2.24) is 15.0 Å². The monoisotopic (exact) mass is 220 g/mol. The van der Waals surface area contributed by atoms with Crippen molar-refractivity contribution in [3.8, 4) is 0 Å². The van der Waals surface area contributed by atoms with Crippen LogP contribution in [0.4, 0.5) is 0 Å². The van der Waals surface area contributed by atoms with Gasteiger partial charge in [-0.15, -0.1) is 5.10 Å². The van der Waals surface area contributed by atoms with E-state index in [1.54, 1.807) is 0 Å². The van der Waals surface area contributed by atoms with Crippen LogP contribution in [0.1, 0.15) is 56.0 Å². The largest absolute Gasteiger partial charge is 0.327 e. The number of hydrogen-bond donors (Lipinski definition) is 1. The van der Waals surface area contributed by atoms with Gasteiger partial charge in [-0.25, -0.2) is 4.68 Å². The number of aromatic nitrogens is 3. The normalized spacial score (nSPS) is 26.7. The molecule has 0 amide bonds. The molecule has 0 aliphatic heterocycles. The molecule has 1 unspecified atom stereocenters. The fourth-order valence-electron chi connectivity index (χ4n) is 3.06. The Morgan fingerprint density at radius 3 is 2.75 bits per heavy atom. The molecule has 1 heterocycles. The van der Waals surface area contributed by atoms with E-state index in [4.69, 9.17) is 5.73 Å². The Kier molecular flexibility index (Phi) is 2.67. The van der Waals surface area contributed by atoms with E-state index < -0.39 is 0 Å². The van der Waals surface area contributed by atoms with Gasteiger partial charge in [0, 0.05) is 12.5 Å². The highest BCUT2D eigenvalue weighted by Gasteiger charge is 2.25. The molecular weight excluding hydrogens is 200 g/mol. The molecule has 88 valence electrons. The molecule has 0 bridgehead atoms. The number of nitrogens with zero attached hydrogens (tertiary/aromatic N) is 3. The lowest BCUT2D eigenvalue weighted by Crippen LogP contribution is -2.29. The van der Waals surface area contributed by atoms with E-state index in [2.05, 4.69) is 15.0 Å². The zero-order valence-electron chi connectivity index (χ0n) is 9.73. The van der Waals surface area contributed by atoms with Crippen LogP contribution < -0.4 is 5.73 Å². The Labute approximate surface area is 96.2 Å². The van der Waals surface area contributed by atoms with Gasteiger partial charge in [-0.2, -0.15) is 0 Å². The summed E-state index contributed by atoms with van der Waals surface area (Å²) in [5.41, 5.74) is 8.49. The minimum Gasteiger partial charge on any atom is -0.327 e. The van der Waals surface area contributed by atoms with Crippen molar-refractivity contribution in [2.24, 2.45) is 5.73 Å². The van der Waals surface area contributed by atoms with Crippen LogP contribution in [-0.4, -0.2) is 21.0 Å². The third kappa shape index (κ3) is 1.75. The number of nitrogens with two attached hydrogens (primary N) is 1. The van der Waals surface area contributed by atoms with Crippen LogP contribution >= 0.6 is 0 Å². The molecular formula is C12H20N4. The lowest BCUT2D eigenvalue weighted by molar-refractivity contribution is 0.315. The van der Waals surface area contributed by atoms with E-state index >= 15 is 0 Å². The molecule has 0 saturated heterocycles. The summed E-state index contributed by atoms with van der Waals surface area (Å²) in [5.74, 6) is 0. The molecule has 0 spiro atoms. The lowest BCUT2D eigenvalue weighted by atomic mass is 9.93. The molecule has 0 aromatic carbocycles. The summed E-state index contributed by atoms with van der Waals surface area (Å²) < 4.78 is 2.21. The van der Waals surface area contributed by atoms with E-state index in [1.165, 1.54) is 37.8 Å². The topological polar surface area (TPSA) is 56.7 Å². The number of hydrogen-bond acceptors (Lipinski definition) is 3. The fourth-order valence-corrected chi connectivity index (χ4v) is 3.06. The average Bonchev–Trinajstić information content (AvgIpc) is 2.73. The summed E-state index contributed by atoms with van der Waals surface area (Å²) in [6.07, 6.45) is 9.72. The minimum atomic E-state index is 0.295. The highest BCUT2D eigenvalue weighted by atomic mass is 15.4. The third-order valence-corrected chi connectivity index (χ3v) is 4.00. The first-order valence-corrected chi connectivity index (χ1v) is 6.53. The number of rotatable bonds is 1. The summed E-state index contributed by atoms with van der Waals surface area (Å²) >= 11 is 0. The summed E-state index contributed by atoms with van der Waals surface area (Å²) in [5, 5.41) is 8.68. The highest BCUT2D eigenvalue weighted by molar-refractivity contribution is 5.16. The van der Waals surface area contributed by atoms with Gasteiger partial charge >= 0.3 is 0 Å². The van der Waals surface area contributed by atoms with Gasteiger partial charge in [0.05, 0.1) is 17.4 Å². The van der Waals surface area contributed by atoms with E-state index in [9.17, 15) is 0 Å². The van der Waals surface area contributed by atoms with Gasteiger partial charge in [0.2, 0.25) is 0 Å². The van der Waals surface area contributed by atoms with Crippen molar-refractivity contribution < 1.29 is 0 Å². The first-order chi connectivity index (χ1) is 7.84. The van der Waals surface area contributed by atoms with Crippen LogP contribution in [0.15, 0.2) is 0 Å². The Balaban J connectivity index is 1.85. The Morgan fingerprint density at radius 1 is 1.12 bits per heavy atom. The standard InChI is InChI=1S/C12H20N4/c13-9-6-7-12-11(8-9)14-15-16(12)10-4-2-1-3-5-10/h9-10H,1-8,13H2. The average molecular weight is 220 g/mol. The maximum Gasteiger partial charge on any atom is 0.0874 e. The van der Waals surface area contributed by atoms with Crippen LogP contribution in [0.3, 0.4) is 0 Å². The second-order valence-corrected chi connectivity index (χ2v) is 5.22. The second kappa shape index (κ2) is 4.17. The fraction of sp³-hybridized carbons (Fsp3) is 0.833. The third-order valence-electron chi connectivity index (χ3n) is 4.00. The highest BCUT2D eigenvalue weighted by Crippen LogP contribution is 2.30. The maximum absolute atomic E-state index is 5.96. The number of fused-ring (bicyclic) bond motifs is 1. The molecule has 0 radical (unpaired) electrons. The molecule has 1 atom stereocenters. The molecule has 2 aliphatic rings. The van der Waals surface area contributed by atoms with Crippen molar-refractivity contribution >= 4 is 0 Å². The van der Waals surface area contributed by atoms with Crippen molar-refractivity contribution in [2.75, 3.05) is 0 Å². The van der Waals surface area contributed by atoms with E-state index in [1.807, 2.05) is 0 Å². The molecule has 1 aromatic rings. The molecule has 3 rings (SSSR count). The Hall–Kier alpha value is -0.900. The molecule has 2 aliphatic carbocycles. The van der Waals surface area contributed by atoms with Crippen molar-refractivity contribution in [3.05, 3.63) is 11.4 Å². The van der Waals surface area contributed by atoms with Gasteiger partial charge in [0.25, 0.3) is 0 Å². The smallest absolute Gasteiger partial charge is 0.0874 e. The first-order valence-electron chi connectivity index (χ1n) is 6.53. The first kappa shape index (κ1) is 10.3.